The molecule has 2 fully saturated rings. The molecule has 1 atom stereocenters. The SMILES string of the molecule is COCCN1CCC(C(=O)N2CCC3(CC2)OCCn2c3cc3c(N[C@H](C)c4cccc(C(F)(F)CO)c4)nc(C)nc32)CC1. The summed E-state index contributed by atoms with van der Waals surface area (Å²) in [5.41, 5.74) is 1.78. The Morgan fingerprint density at radius 2 is 1.93 bits per heavy atom. The number of aliphatic hydroxyl groups is 1. The van der Waals surface area contributed by atoms with Crippen LogP contribution in [0.5, 0.6) is 0 Å². The molecule has 0 radical (unpaired) electrons. The molecule has 3 aliphatic heterocycles. The van der Waals surface area contributed by atoms with Crippen molar-refractivity contribution in [1.82, 2.24) is 24.3 Å². The van der Waals surface area contributed by atoms with Gasteiger partial charge in [-0.05, 0) is 70.3 Å². The van der Waals surface area contributed by atoms with Crippen molar-refractivity contribution in [2.24, 2.45) is 5.92 Å². The van der Waals surface area contributed by atoms with Crippen molar-refractivity contribution in [3.05, 3.63) is 53.0 Å². The van der Waals surface area contributed by atoms with Gasteiger partial charge in [-0.15, -0.1) is 0 Å². The van der Waals surface area contributed by atoms with Crippen LogP contribution in [0.3, 0.4) is 0 Å². The summed E-state index contributed by atoms with van der Waals surface area (Å²) >= 11 is 0. The molecular weight excluding hydrogens is 582 g/mol. The Bertz CT molecular complexity index is 1510. The molecule has 1 spiro atoms. The van der Waals surface area contributed by atoms with Gasteiger partial charge in [-0.3, -0.25) is 4.79 Å². The van der Waals surface area contributed by atoms with Gasteiger partial charge in [0.1, 0.15) is 29.5 Å². The predicted octanol–water partition coefficient (Wildman–Crippen LogP) is 4.20. The van der Waals surface area contributed by atoms with Crippen LogP contribution in [0.1, 0.15) is 61.3 Å². The summed E-state index contributed by atoms with van der Waals surface area (Å²) in [5.74, 6) is -1.75. The summed E-state index contributed by atoms with van der Waals surface area (Å²) in [5, 5.41) is 13.4. The second-order valence-corrected chi connectivity index (χ2v) is 12.7. The average molecular weight is 627 g/mol. The van der Waals surface area contributed by atoms with Gasteiger partial charge in [0, 0.05) is 50.8 Å². The molecule has 0 saturated carbocycles. The van der Waals surface area contributed by atoms with Crippen molar-refractivity contribution in [2.75, 3.05) is 65.0 Å². The van der Waals surface area contributed by atoms with E-state index in [1.54, 1.807) is 19.2 Å². The molecule has 6 rings (SSSR count). The maximum Gasteiger partial charge on any atom is 0.295 e. The Labute approximate surface area is 262 Å². The second-order valence-electron chi connectivity index (χ2n) is 12.7. The summed E-state index contributed by atoms with van der Waals surface area (Å²) in [7, 11) is 1.72. The van der Waals surface area contributed by atoms with Crippen LogP contribution >= 0.6 is 0 Å². The average Bonchev–Trinajstić information content (AvgIpc) is 3.44. The molecule has 244 valence electrons. The zero-order chi connectivity index (χ0) is 31.8. The highest BCUT2D eigenvalue weighted by Gasteiger charge is 2.44. The van der Waals surface area contributed by atoms with E-state index in [4.69, 9.17) is 24.5 Å². The molecule has 2 saturated heterocycles. The Balaban J connectivity index is 1.19. The first kappa shape index (κ1) is 31.8. The normalized spacial score (nSPS) is 20.0. The molecule has 10 nitrogen and oxygen atoms in total. The fourth-order valence-electron chi connectivity index (χ4n) is 7.14. The number of aromatic nitrogens is 3. The van der Waals surface area contributed by atoms with Crippen molar-refractivity contribution < 1.29 is 28.2 Å². The van der Waals surface area contributed by atoms with Crippen molar-refractivity contribution in [2.45, 2.75) is 63.6 Å². The number of benzene rings is 1. The molecule has 0 unspecified atom stereocenters. The minimum Gasteiger partial charge on any atom is -0.390 e. The fourth-order valence-corrected chi connectivity index (χ4v) is 7.14. The van der Waals surface area contributed by atoms with Crippen LogP contribution in [-0.4, -0.2) is 95.0 Å². The molecule has 1 amide bonds. The number of methoxy groups -OCH3 is 1. The number of carbonyl (C=O) groups is 1. The van der Waals surface area contributed by atoms with Gasteiger partial charge in [-0.1, -0.05) is 18.2 Å². The number of carbonyl (C=O) groups excluding carboxylic acids is 1. The number of halogens is 2. The van der Waals surface area contributed by atoms with E-state index in [-0.39, 0.29) is 23.4 Å². The predicted molar refractivity (Wildman–Crippen MR) is 166 cm³/mol. The molecule has 0 bridgehead atoms. The van der Waals surface area contributed by atoms with E-state index in [0.717, 1.165) is 49.2 Å². The first-order valence-corrected chi connectivity index (χ1v) is 16.0. The number of aliphatic hydroxyl groups excluding tert-OH is 1. The third-order valence-corrected chi connectivity index (χ3v) is 9.82. The molecule has 1 aromatic carbocycles. The highest BCUT2D eigenvalue weighted by Crippen LogP contribution is 2.43. The van der Waals surface area contributed by atoms with Crippen molar-refractivity contribution in [1.29, 1.82) is 0 Å². The Kier molecular flexibility index (Phi) is 9.11. The number of likely N-dealkylation sites (tertiary alicyclic amines) is 2. The molecule has 5 heterocycles. The smallest absolute Gasteiger partial charge is 0.295 e. The van der Waals surface area contributed by atoms with Gasteiger partial charge >= 0.3 is 0 Å². The zero-order valence-corrected chi connectivity index (χ0v) is 26.4. The summed E-state index contributed by atoms with van der Waals surface area (Å²) in [4.78, 5) is 27.4. The number of hydrogen-bond donors (Lipinski definition) is 2. The highest BCUT2D eigenvalue weighted by atomic mass is 19.3. The molecule has 45 heavy (non-hydrogen) atoms. The first-order chi connectivity index (χ1) is 21.6. The van der Waals surface area contributed by atoms with Crippen LogP contribution in [0, 0.1) is 12.8 Å². The van der Waals surface area contributed by atoms with Gasteiger partial charge in [0.05, 0.1) is 24.3 Å². The molecule has 2 N–H and O–H groups in total. The van der Waals surface area contributed by atoms with E-state index < -0.39 is 18.1 Å². The number of anilines is 1. The number of alkyl halides is 2. The minimum atomic E-state index is -3.31. The summed E-state index contributed by atoms with van der Waals surface area (Å²) in [6.07, 6.45) is 3.18. The molecule has 0 aliphatic carbocycles. The maximum absolute atomic E-state index is 14.2. The Morgan fingerprint density at radius 1 is 1.18 bits per heavy atom. The number of hydrogen-bond acceptors (Lipinski definition) is 8. The first-order valence-electron chi connectivity index (χ1n) is 16.0. The molecule has 3 aromatic rings. The lowest BCUT2D eigenvalue weighted by molar-refractivity contribution is -0.148. The second kappa shape index (κ2) is 12.9. The Hall–Kier alpha value is -3.19. The van der Waals surface area contributed by atoms with Crippen LogP contribution < -0.4 is 5.32 Å². The van der Waals surface area contributed by atoms with E-state index in [9.17, 15) is 13.6 Å². The molecule has 3 aliphatic rings. The van der Waals surface area contributed by atoms with Gasteiger partial charge in [0.15, 0.2) is 0 Å². The lowest BCUT2D eigenvalue weighted by Crippen LogP contribution is -2.51. The number of nitrogens with one attached hydrogen (secondary N) is 1. The van der Waals surface area contributed by atoms with Crippen LogP contribution in [0.25, 0.3) is 11.0 Å². The molecular formula is C33H44F2N6O4. The fraction of sp³-hybridized carbons (Fsp3) is 0.606. The van der Waals surface area contributed by atoms with Crippen molar-refractivity contribution in [3.63, 3.8) is 0 Å². The van der Waals surface area contributed by atoms with Gasteiger partial charge in [0.25, 0.3) is 5.92 Å². The van der Waals surface area contributed by atoms with Crippen LogP contribution in [0.15, 0.2) is 30.3 Å². The lowest BCUT2D eigenvalue weighted by atomic mass is 9.85. The van der Waals surface area contributed by atoms with Gasteiger partial charge in [-0.25, -0.2) is 9.97 Å². The summed E-state index contributed by atoms with van der Waals surface area (Å²) < 4.78 is 42.4. The van der Waals surface area contributed by atoms with Gasteiger partial charge in [0.2, 0.25) is 5.91 Å². The topological polar surface area (TPSA) is 105 Å². The van der Waals surface area contributed by atoms with E-state index >= 15 is 0 Å². The van der Waals surface area contributed by atoms with Crippen LogP contribution in [0.4, 0.5) is 14.6 Å². The molecule has 12 heteroatoms. The van der Waals surface area contributed by atoms with E-state index in [2.05, 4.69) is 20.9 Å². The van der Waals surface area contributed by atoms with Gasteiger partial charge in [-0.2, -0.15) is 8.78 Å². The zero-order valence-electron chi connectivity index (χ0n) is 26.4. The highest BCUT2D eigenvalue weighted by molar-refractivity contribution is 5.89. The molecule has 2 aromatic heterocycles. The maximum atomic E-state index is 14.2. The third-order valence-electron chi connectivity index (χ3n) is 9.82. The Morgan fingerprint density at radius 3 is 2.64 bits per heavy atom. The van der Waals surface area contributed by atoms with Crippen LogP contribution in [-0.2, 0) is 32.3 Å². The largest absolute Gasteiger partial charge is 0.390 e. The number of nitrogens with zero attached hydrogens (tertiary/aromatic N) is 5. The number of aryl methyl sites for hydroxylation is 1. The number of rotatable bonds is 9. The third kappa shape index (κ3) is 6.30. The van der Waals surface area contributed by atoms with Gasteiger partial charge < -0.3 is 34.3 Å². The number of piperidine rings is 2. The van der Waals surface area contributed by atoms with Crippen molar-refractivity contribution >= 4 is 22.8 Å². The standard InChI is InChI=1S/C33H44F2N6O4/c1-22(25-5-4-6-26(19-25)33(34,35)21-42)36-29-27-20-28-32(45-18-16-41(28)30(27)38-23(2)37-29)9-13-40(14-10-32)31(43)24-7-11-39(12-8-24)15-17-44-3/h4-6,19-20,22,24,42H,7-18,21H2,1-3H3,(H,36,37,38)/t22-/m1/s1. The lowest BCUT2D eigenvalue weighted by Gasteiger charge is -2.45. The van der Waals surface area contributed by atoms with E-state index in [0.29, 0.717) is 62.9 Å². The number of amides is 1. The summed E-state index contributed by atoms with van der Waals surface area (Å²) in [6.45, 7) is 8.48. The van der Waals surface area contributed by atoms with Crippen molar-refractivity contribution in [3.8, 4) is 0 Å². The summed E-state index contributed by atoms with van der Waals surface area (Å²) in [6, 6.07) is 7.88. The van der Waals surface area contributed by atoms with Crippen LogP contribution in [0.2, 0.25) is 0 Å². The monoisotopic (exact) mass is 626 g/mol. The number of ether oxygens (including phenoxy) is 2. The quantitative estimate of drug-likeness (QED) is 0.364. The number of fused-ring (bicyclic) bond motifs is 4. The minimum absolute atomic E-state index is 0.0704. The van der Waals surface area contributed by atoms with E-state index in [1.807, 2.05) is 18.7 Å². The van der Waals surface area contributed by atoms with E-state index in [1.165, 1.54) is 12.1 Å².